The zero-order chi connectivity index (χ0) is 19.2. The van der Waals surface area contributed by atoms with Gasteiger partial charge in [-0.15, -0.1) is 0 Å². The fourth-order valence-electron chi connectivity index (χ4n) is 2.57. The number of carbonyl (C=O) groups excluding carboxylic acids is 1. The monoisotopic (exact) mass is 383 g/mol. The van der Waals surface area contributed by atoms with E-state index in [4.69, 9.17) is 12.2 Å². The van der Waals surface area contributed by atoms with Crippen LogP contribution in [0.5, 0.6) is 0 Å². The number of thiocarbonyl (C=S) groups is 1. The molecule has 0 saturated carbocycles. The molecule has 6 nitrogen and oxygen atoms in total. The topological polar surface area (TPSA) is 81.8 Å². The summed E-state index contributed by atoms with van der Waals surface area (Å²) in [5, 5.41) is 10.1. The van der Waals surface area contributed by atoms with Crippen molar-refractivity contribution in [2.75, 3.05) is 5.32 Å². The molecule has 1 amide bonds. The standard InChI is InChI=1S/C19H18FN5OS/c1-2-17(26)25-14-3-4-16(20)13(9-14)11-24-19(27)23-10-12-5-7-21-18-15(12)6-8-22-18/h2-9H,1,10-11H2,(H,21,22)(H,25,26)(H2,23,24,27). The van der Waals surface area contributed by atoms with E-state index in [1.165, 1.54) is 12.1 Å². The van der Waals surface area contributed by atoms with Gasteiger partial charge in [0.05, 0.1) is 0 Å². The number of fused-ring (bicyclic) bond motifs is 1. The molecule has 3 aromatic rings. The summed E-state index contributed by atoms with van der Waals surface area (Å²) >= 11 is 5.27. The molecule has 0 radical (unpaired) electrons. The quantitative estimate of drug-likeness (QED) is 0.389. The first-order chi connectivity index (χ1) is 13.1. The molecule has 0 aliphatic heterocycles. The number of aromatic amines is 1. The van der Waals surface area contributed by atoms with E-state index in [0.29, 0.717) is 22.9 Å². The van der Waals surface area contributed by atoms with Gasteiger partial charge in [0, 0.05) is 42.1 Å². The number of hydrogen-bond acceptors (Lipinski definition) is 3. The van der Waals surface area contributed by atoms with Gasteiger partial charge in [-0.3, -0.25) is 4.79 Å². The smallest absolute Gasteiger partial charge is 0.247 e. The summed E-state index contributed by atoms with van der Waals surface area (Å²) in [7, 11) is 0. The van der Waals surface area contributed by atoms with Crippen LogP contribution in [0.15, 0.2) is 55.4 Å². The van der Waals surface area contributed by atoms with Crippen molar-refractivity contribution in [3.8, 4) is 0 Å². The lowest BCUT2D eigenvalue weighted by Gasteiger charge is -2.12. The summed E-state index contributed by atoms with van der Waals surface area (Å²) in [4.78, 5) is 18.7. The zero-order valence-corrected chi connectivity index (χ0v) is 15.2. The maximum atomic E-state index is 14.0. The van der Waals surface area contributed by atoms with Crippen molar-refractivity contribution >= 4 is 40.0 Å². The highest BCUT2D eigenvalue weighted by atomic mass is 32.1. The number of hydrogen-bond donors (Lipinski definition) is 4. The minimum Gasteiger partial charge on any atom is -0.359 e. The first-order valence-corrected chi connectivity index (χ1v) is 8.62. The number of pyridine rings is 1. The number of nitrogens with zero attached hydrogens (tertiary/aromatic N) is 1. The number of nitrogens with one attached hydrogen (secondary N) is 4. The fourth-order valence-corrected chi connectivity index (χ4v) is 2.71. The molecule has 4 N–H and O–H groups in total. The van der Waals surface area contributed by atoms with E-state index < -0.39 is 0 Å². The SMILES string of the molecule is C=CC(=O)Nc1ccc(F)c(CNC(=S)NCc2ccnc3[nH]ccc23)c1. The largest absolute Gasteiger partial charge is 0.359 e. The van der Waals surface area contributed by atoms with Gasteiger partial charge in [-0.05, 0) is 54.2 Å². The molecule has 0 fully saturated rings. The van der Waals surface area contributed by atoms with Gasteiger partial charge in [0.2, 0.25) is 5.91 Å². The molecule has 0 atom stereocenters. The Kier molecular flexibility index (Phi) is 5.77. The summed E-state index contributed by atoms with van der Waals surface area (Å²) in [5.74, 6) is -0.740. The second-order valence-electron chi connectivity index (χ2n) is 5.75. The Morgan fingerprint density at radius 2 is 2.00 bits per heavy atom. The number of anilines is 1. The molecule has 0 bridgehead atoms. The third-order valence-electron chi connectivity index (χ3n) is 3.93. The van der Waals surface area contributed by atoms with Crippen molar-refractivity contribution in [2.24, 2.45) is 0 Å². The predicted octanol–water partition coefficient (Wildman–Crippen LogP) is 2.99. The molecule has 0 aliphatic carbocycles. The second-order valence-corrected chi connectivity index (χ2v) is 6.15. The molecular formula is C19H18FN5OS. The summed E-state index contributed by atoms with van der Waals surface area (Å²) in [6.45, 7) is 4.09. The first-order valence-electron chi connectivity index (χ1n) is 8.21. The Morgan fingerprint density at radius 1 is 1.22 bits per heavy atom. The van der Waals surface area contributed by atoms with Gasteiger partial charge < -0.3 is 20.9 Å². The molecule has 2 heterocycles. The number of amides is 1. The van der Waals surface area contributed by atoms with Gasteiger partial charge in [0.15, 0.2) is 5.11 Å². The predicted molar refractivity (Wildman–Crippen MR) is 108 cm³/mol. The average molecular weight is 383 g/mol. The summed E-state index contributed by atoms with van der Waals surface area (Å²) in [6.07, 6.45) is 4.71. The zero-order valence-electron chi connectivity index (χ0n) is 14.4. The molecule has 0 aliphatic rings. The van der Waals surface area contributed by atoms with E-state index >= 15 is 0 Å². The molecule has 8 heteroatoms. The van der Waals surface area contributed by atoms with Crippen LogP contribution in [0.3, 0.4) is 0 Å². The van der Waals surface area contributed by atoms with Gasteiger partial charge in [-0.2, -0.15) is 0 Å². The highest BCUT2D eigenvalue weighted by molar-refractivity contribution is 7.80. The van der Waals surface area contributed by atoms with Crippen LogP contribution < -0.4 is 16.0 Å². The average Bonchev–Trinajstić information content (AvgIpc) is 3.16. The minimum absolute atomic E-state index is 0.186. The molecule has 138 valence electrons. The number of H-pyrrole nitrogens is 1. The Bertz CT molecular complexity index is 1000. The number of rotatable bonds is 6. The van der Waals surface area contributed by atoms with Gasteiger partial charge in [-0.25, -0.2) is 9.37 Å². The number of carbonyl (C=O) groups is 1. The van der Waals surface area contributed by atoms with Crippen LogP contribution in [0, 0.1) is 5.82 Å². The summed E-state index contributed by atoms with van der Waals surface area (Å²) < 4.78 is 14.0. The maximum absolute atomic E-state index is 14.0. The molecule has 27 heavy (non-hydrogen) atoms. The van der Waals surface area contributed by atoms with E-state index in [9.17, 15) is 9.18 Å². The van der Waals surface area contributed by atoms with Crippen molar-refractivity contribution in [1.82, 2.24) is 20.6 Å². The van der Waals surface area contributed by atoms with Crippen LogP contribution in [0.1, 0.15) is 11.1 Å². The summed E-state index contributed by atoms with van der Waals surface area (Å²) in [5.41, 5.74) is 2.74. The number of halogens is 1. The Morgan fingerprint density at radius 3 is 2.78 bits per heavy atom. The van der Waals surface area contributed by atoms with Crippen LogP contribution in [0.2, 0.25) is 0 Å². The molecule has 0 spiro atoms. The van der Waals surface area contributed by atoms with Gasteiger partial charge in [-0.1, -0.05) is 6.58 Å². The molecule has 0 saturated heterocycles. The lowest BCUT2D eigenvalue weighted by atomic mass is 10.2. The molecular weight excluding hydrogens is 365 g/mol. The van der Waals surface area contributed by atoms with Gasteiger partial charge in [0.1, 0.15) is 11.5 Å². The third kappa shape index (κ3) is 4.68. The van der Waals surface area contributed by atoms with E-state index in [1.54, 1.807) is 12.3 Å². The van der Waals surface area contributed by atoms with Crippen LogP contribution in [-0.4, -0.2) is 21.0 Å². The Hall–Kier alpha value is -3.26. The molecule has 1 aromatic carbocycles. The van der Waals surface area contributed by atoms with E-state index in [0.717, 1.165) is 22.7 Å². The van der Waals surface area contributed by atoms with Crippen LogP contribution in [0.4, 0.5) is 10.1 Å². The minimum atomic E-state index is -0.384. The highest BCUT2D eigenvalue weighted by Gasteiger charge is 2.07. The van der Waals surface area contributed by atoms with E-state index in [-0.39, 0.29) is 18.3 Å². The second kappa shape index (κ2) is 8.41. The Balaban J connectivity index is 1.57. The van der Waals surface area contributed by atoms with Crippen LogP contribution >= 0.6 is 12.2 Å². The van der Waals surface area contributed by atoms with Crippen LogP contribution in [-0.2, 0) is 17.9 Å². The highest BCUT2D eigenvalue weighted by Crippen LogP contribution is 2.16. The van der Waals surface area contributed by atoms with Gasteiger partial charge in [0.25, 0.3) is 0 Å². The Labute approximate surface area is 160 Å². The van der Waals surface area contributed by atoms with Crippen molar-refractivity contribution in [2.45, 2.75) is 13.1 Å². The molecule has 2 aromatic heterocycles. The lowest BCUT2D eigenvalue weighted by Crippen LogP contribution is -2.34. The first kappa shape index (κ1) is 18.5. The van der Waals surface area contributed by atoms with Crippen molar-refractivity contribution < 1.29 is 9.18 Å². The fraction of sp³-hybridized carbons (Fsp3) is 0.105. The van der Waals surface area contributed by atoms with Gasteiger partial charge >= 0.3 is 0 Å². The molecule has 0 unspecified atom stereocenters. The van der Waals surface area contributed by atoms with E-state index in [2.05, 4.69) is 32.5 Å². The van der Waals surface area contributed by atoms with Crippen molar-refractivity contribution in [3.63, 3.8) is 0 Å². The third-order valence-corrected chi connectivity index (χ3v) is 4.22. The van der Waals surface area contributed by atoms with Crippen molar-refractivity contribution in [1.29, 1.82) is 0 Å². The normalized spacial score (nSPS) is 10.4. The van der Waals surface area contributed by atoms with Crippen molar-refractivity contribution in [3.05, 3.63) is 72.3 Å². The van der Waals surface area contributed by atoms with Crippen LogP contribution in [0.25, 0.3) is 11.0 Å². The number of benzene rings is 1. The summed E-state index contributed by atoms with van der Waals surface area (Å²) in [6, 6.07) is 8.21. The lowest BCUT2D eigenvalue weighted by molar-refractivity contribution is -0.111. The molecule has 3 rings (SSSR count). The maximum Gasteiger partial charge on any atom is 0.247 e. The van der Waals surface area contributed by atoms with E-state index in [1.807, 2.05) is 18.3 Å². The number of aromatic nitrogens is 2.